The summed E-state index contributed by atoms with van der Waals surface area (Å²) in [6.07, 6.45) is 7.11. The third-order valence-electron chi connectivity index (χ3n) is 0.990. The molecule has 0 atom stereocenters. The molecular formula is C7H9NO. The van der Waals surface area contributed by atoms with Gasteiger partial charge in [0.2, 0.25) is 0 Å². The average Bonchev–Trinajstić information content (AvgIpc) is 2.34. The summed E-state index contributed by atoms with van der Waals surface area (Å²) in [5, 5.41) is 0. The maximum absolute atomic E-state index is 5.23. The highest BCUT2D eigenvalue weighted by molar-refractivity contribution is 5.46. The van der Waals surface area contributed by atoms with E-state index in [0.29, 0.717) is 6.54 Å². The van der Waals surface area contributed by atoms with Crippen molar-refractivity contribution in [2.45, 2.75) is 0 Å². The molecule has 2 heteroatoms. The fraction of sp³-hybridized carbons (Fsp3) is 0.143. The zero-order valence-corrected chi connectivity index (χ0v) is 5.08. The molecule has 48 valence electrons. The first-order valence-corrected chi connectivity index (χ1v) is 2.82. The molecule has 0 amide bonds. The van der Waals surface area contributed by atoms with Gasteiger partial charge < -0.3 is 10.2 Å². The number of hydrogen-bond acceptors (Lipinski definition) is 2. The van der Waals surface area contributed by atoms with Crippen molar-refractivity contribution in [3.63, 3.8) is 0 Å². The van der Waals surface area contributed by atoms with Crippen LogP contribution in [-0.2, 0) is 0 Å². The van der Waals surface area contributed by atoms with Gasteiger partial charge in [0.15, 0.2) is 0 Å². The van der Waals surface area contributed by atoms with Crippen LogP contribution >= 0.6 is 0 Å². The van der Waals surface area contributed by atoms with E-state index in [9.17, 15) is 0 Å². The summed E-state index contributed by atoms with van der Waals surface area (Å²) in [6.45, 7) is 0.575. The van der Waals surface area contributed by atoms with E-state index < -0.39 is 0 Å². The molecule has 1 heterocycles. The minimum absolute atomic E-state index is 0.575. The predicted molar refractivity (Wildman–Crippen MR) is 36.8 cm³/mol. The minimum Gasteiger partial charge on any atom is -0.472 e. The Bertz CT molecular complexity index is 177. The van der Waals surface area contributed by atoms with Crippen molar-refractivity contribution in [3.05, 3.63) is 30.2 Å². The molecule has 1 aromatic rings. The molecule has 0 radical (unpaired) electrons. The third-order valence-corrected chi connectivity index (χ3v) is 0.990. The number of hydrogen-bond donors (Lipinski definition) is 1. The lowest BCUT2D eigenvalue weighted by atomic mass is 10.3. The third kappa shape index (κ3) is 1.74. The monoisotopic (exact) mass is 123 g/mol. The fourth-order valence-corrected chi connectivity index (χ4v) is 0.574. The summed E-state index contributed by atoms with van der Waals surface area (Å²) in [5.74, 6) is 0. The second-order valence-electron chi connectivity index (χ2n) is 1.69. The van der Waals surface area contributed by atoms with Crippen LogP contribution in [0.1, 0.15) is 5.56 Å². The highest BCUT2D eigenvalue weighted by Crippen LogP contribution is 2.00. The molecule has 9 heavy (non-hydrogen) atoms. The summed E-state index contributed by atoms with van der Waals surface area (Å²) in [7, 11) is 0. The van der Waals surface area contributed by atoms with Crippen molar-refractivity contribution in [2.24, 2.45) is 5.73 Å². The Kier molecular flexibility index (Phi) is 2.10. The normalized spacial score (nSPS) is 10.8. The predicted octanol–water partition coefficient (Wildman–Crippen LogP) is 1.25. The lowest BCUT2D eigenvalue weighted by Gasteiger charge is -1.78. The first kappa shape index (κ1) is 6.11. The summed E-state index contributed by atoms with van der Waals surface area (Å²) in [5.41, 5.74) is 6.28. The molecule has 0 spiro atoms. The van der Waals surface area contributed by atoms with Gasteiger partial charge in [0, 0.05) is 12.1 Å². The van der Waals surface area contributed by atoms with Gasteiger partial charge in [-0.15, -0.1) is 0 Å². The van der Waals surface area contributed by atoms with Gasteiger partial charge in [0.1, 0.15) is 0 Å². The molecule has 0 aliphatic heterocycles. The van der Waals surface area contributed by atoms with Gasteiger partial charge in [-0.05, 0) is 6.07 Å². The molecule has 1 aromatic heterocycles. The van der Waals surface area contributed by atoms with Crippen molar-refractivity contribution in [2.75, 3.05) is 6.54 Å². The SMILES string of the molecule is NC/C=C/c1ccoc1. The number of rotatable bonds is 2. The van der Waals surface area contributed by atoms with Crippen molar-refractivity contribution in [1.82, 2.24) is 0 Å². The molecule has 0 aliphatic carbocycles. The molecule has 0 aromatic carbocycles. The lowest BCUT2D eigenvalue weighted by Crippen LogP contribution is -1.91. The number of furan rings is 1. The Morgan fingerprint density at radius 1 is 1.67 bits per heavy atom. The zero-order valence-electron chi connectivity index (χ0n) is 5.08. The van der Waals surface area contributed by atoms with Crippen LogP contribution in [0.15, 0.2) is 29.1 Å². The Balaban J connectivity index is 2.57. The van der Waals surface area contributed by atoms with Crippen molar-refractivity contribution in [3.8, 4) is 0 Å². The Morgan fingerprint density at radius 3 is 3.11 bits per heavy atom. The van der Waals surface area contributed by atoms with Crippen LogP contribution < -0.4 is 5.73 Å². The average molecular weight is 123 g/mol. The topological polar surface area (TPSA) is 39.2 Å². The van der Waals surface area contributed by atoms with Crippen LogP contribution in [0.2, 0.25) is 0 Å². The van der Waals surface area contributed by atoms with Gasteiger partial charge in [-0.2, -0.15) is 0 Å². The Labute approximate surface area is 54.0 Å². The first-order chi connectivity index (χ1) is 4.43. The standard InChI is InChI=1S/C7H9NO/c8-4-1-2-7-3-5-9-6-7/h1-3,5-6H,4,8H2/b2-1+. The van der Waals surface area contributed by atoms with Gasteiger partial charge in [0.25, 0.3) is 0 Å². The van der Waals surface area contributed by atoms with Gasteiger partial charge in [-0.25, -0.2) is 0 Å². The highest BCUT2D eigenvalue weighted by atomic mass is 16.3. The molecule has 0 unspecified atom stereocenters. The summed E-state index contributed by atoms with van der Waals surface area (Å²) in [4.78, 5) is 0. The van der Waals surface area contributed by atoms with E-state index in [2.05, 4.69) is 0 Å². The molecule has 1 rings (SSSR count). The largest absolute Gasteiger partial charge is 0.472 e. The van der Waals surface area contributed by atoms with Crippen LogP contribution in [0.25, 0.3) is 6.08 Å². The van der Waals surface area contributed by atoms with E-state index in [1.54, 1.807) is 12.5 Å². The molecule has 0 bridgehead atoms. The van der Waals surface area contributed by atoms with E-state index in [4.69, 9.17) is 10.2 Å². The minimum atomic E-state index is 0.575. The molecule has 0 fully saturated rings. The van der Waals surface area contributed by atoms with E-state index >= 15 is 0 Å². The molecule has 0 aliphatic rings. The second-order valence-corrected chi connectivity index (χ2v) is 1.69. The maximum atomic E-state index is 5.23. The van der Waals surface area contributed by atoms with Gasteiger partial charge in [0.05, 0.1) is 12.5 Å². The lowest BCUT2D eigenvalue weighted by molar-refractivity contribution is 0.567. The van der Waals surface area contributed by atoms with Crippen LogP contribution in [0.5, 0.6) is 0 Å². The molecule has 2 nitrogen and oxygen atoms in total. The quantitative estimate of drug-likeness (QED) is 0.642. The Morgan fingerprint density at radius 2 is 2.56 bits per heavy atom. The van der Waals surface area contributed by atoms with Crippen LogP contribution in [-0.4, -0.2) is 6.54 Å². The van der Waals surface area contributed by atoms with Gasteiger partial charge >= 0.3 is 0 Å². The van der Waals surface area contributed by atoms with Crippen LogP contribution in [0.3, 0.4) is 0 Å². The summed E-state index contributed by atoms with van der Waals surface area (Å²) in [6, 6.07) is 1.88. The molecule has 0 saturated carbocycles. The van der Waals surface area contributed by atoms with Crippen molar-refractivity contribution < 1.29 is 4.42 Å². The summed E-state index contributed by atoms with van der Waals surface area (Å²) >= 11 is 0. The highest BCUT2D eigenvalue weighted by Gasteiger charge is 1.82. The van der Waals surface area contributed by atoms with E-state index in [1.165, 1.54) is 0 Å². The van der Waals surface area contributed by atoms with Crippen LogP contribution in [0.4, 0.5) is 0 Å². The fourth-order valence-electron chi connectivity index (χ4n) is 0.574. The van der Waals surface area contributed by atoms with Gasteiger partial charge in [-0.3, -0.25) is 0 Å². The first-order valence-electron chi connectivity index (χ1n) is 2.82. The van der Waals surface area contributed by atoms with Crippen molar-refractivity contribution in [1.29, 1.82) is 0 Å². The maximum Gasteiger partial charge on any atom is 0.0974 e. The van der Waals surface area contributed by atoms with Crippen LogP contribution in [0, 0.1) is 0 Å². The van der Waals surface area contributed by atoms with E-state index in [1.807, 2.05) is 18.2 Å². The molecular weight excluding hydrogens is 114 g/mol. The number of nitrogens with two attached hydrogens (primary N) is 1. The Hall–Kier alpha value is -1.02. The van der Waals surface area contributed by atoms with E-state index in [0.717, 1.165) is 5.56 Å². The zero-order chi connectivity index (χ0) is 6.53. The van der Waals surface area contributed by atoms with E-state index in [-0.39, 0.29) is 0 Å². The summed E-state index contributed by atoms with van der Waals surface area (Å²) < 4.78 is 4.82. The second kappa shape index (κ2) is 3.10. The molecule has 0 saturated heterocycles. The smallest absolute Gasteiger partial charge is 0.0974 e. The van der Waals surface area contributed by atoms with Crippen molar-refractivity contribution >= 4 is 6.08 Å². The van der Waals surface area contributed by atoms with Gasteiger partial charge in [-0.1, -0.05) is 12.2 Å². The molecule has 2 N–H and O–H groups in total.